The first-order valence-electron chi connectivity index (χ1n) is 16.2. The van der Waals surface area contributed by atoms with Gasteiger partial charge in [-0.3, -0.25) is 28.9 Å². The highest BCUT2D eigenvalue weighted by Crippen LogP contribution is 2.66. The minimum Gasteiger partial charge on any atom is -0.505 e. The lowest BCUT2D eigenvalue weighted by Gasteiger charge is -2.50. The molecule has 2 aliphatic carbocycles. The number of carbonyl (C=O) groups is 5. The van der Waals surface area contributed by atoms with E-state index in [-0.39, 0.29) is 35.6 Å². The predicted molar refractivity (Wildman–Crippen MR) is 183 cm³/mol. The van der Waals surface area contributed by atoms with E-state index >= 15 is 0 Å². The molecule has 3 fully saturated rings. The molecule has 0 spiro atoms. The molecule has 1 saturated carbocycles. The molecule has 6 atom stereocenters. The zero-order chi connectivity index (χ0) is 36.0. The van der Waals surface area contributed by atoms with E-state index < -0.39 is 74.4 Å². The van der Waals surface area contributed by atoms with Crippen LogP contribution in [0, 0.1) is 29.4 Å². The highest BCUT2D eigenvalue weighted by atomic mass is 35.5. The highest BCUT2D eigenvalue weighted by Gasteiger charge is 2.77. The molecule has 6 unspecified atom stereocenters. The fraction of sp³-hybridized carbons (Fsp3) is 0.205. The first kappa shape index (κ1) is 33.0. The molecule has 4 aromatic rings. The maximum atomic E-state index is 14.9. The minimum absolute atomic E-state index is 0.00891. The Labute approximate surface area is 299 Å². The fourth-order valence-corrected chi connectivity index (χ4v) is 9.21. The molecule has 4 amide bonds. The van der Waals surface area contributed by atoms with Crippen LogP contribution >= 0.6 is 23.2 Å². The molecule has 4 aromatic carbocycles. The van der Waals surface area contributed by atoms with Crippen LogP contribution in [0.5, 0.6) is 5.75 Å². The van der Waals surface area contributed by atoms with Gasteiger partial charge in [0.05, 0.1) is 23.2 Å². The summed E-state index contributed by atoms with van der Waals surface area (Å²) in [5.41, 5.74) is 1.29. The van der Waals surface area contributed by atoms with Crippen LogP contribution in [0.3, 0.4) is 0 Å². The molecule has 2 aliphatic heterocycles. The van der Waals surface area contributed by atoms with Crippen LogP contribution in [0.1, 0.15) is 40.2 Å². The molecule has 12 heteroatoms. The van der Waals surface area contributed by atoms with Gasteiger partial charge in [-0.1, -0.05) is 54.1 Å². The number of phenols is 1. The first-order chi connectivity index (χ1) is 24.4. The quantitative estimate of drug-likeness (QED) is 0.106. The van der Waals surface area contributed by atoms with Gasteiger partial charge in [-0.05, 0) is 73.4 Å². The normalized spacial score (nSPS) is 28.4. The molecule has 2 saturated heterocycles. The number of alkyl halides is 2. The van der Waals surface area contributed by atoms with Crippen molar-refractivity contribution in [1.82, 2.24) is 0 Å². The third-order valence-corrected chi connectivity index (χ3v) is 12.1. The third kappa shape index (κ3) is 4.59. The predicted octanol–water partition coefficient (Wildman–Crippen LogP) is 6.67. The molecule has 2 heterocycles. The number of hydrogen-bond donors (Lipinski definition) is 1. The summed E-state index contributed by atoms with van der Waals surface area (Å²) in [6, 6.07) is 23.0. The van der Waals surface area contributed by atoms with Crippen molar-refractivity contribution in [3.63, 3.8) is 0 Å². The topological polar surface area (TPSA) is 112 Å². The molecule has 1 N–H and O–H groups in total. The van der Waals surface area contributed by atoms with E-state index in [0.29, 0.717) is 16.7 Å². The molecular weight excluding hydrogens is 701 g/mol. The van der Waals surface area contributed by atoms with Gasteiger partial charge < -0.3 is 5.11 Å². The fourth-order valence-electron chi connectivity index (χ4n) is 8.28. The Kier molecular flexibility index (Phi) is 7.55. The van der Waals surface area contributed by atoms with Gasteiger partial charge in [-0.15, -0.1) is 23.2 Å². The Bertz CT molecular complexity index is 2210. The maximum absolute atomic E-state index is 14.9. The van der Waals surface area contributed by atoms with Crippen LogP contribution in [-0.4, -0.2) is 44.3 Å². The number of carbonyl (C=O) groups excluding carboxylic acids is 5. The van der Waals surface area contributed by atoms with E-state index in [1.165, 1.54) is 48.5 Å². The maximum Gasteiger partial charge on any atom is 0.258 e. The molecule has 51 heavy (non-hydrogen) atoms. The van der Waals surface area contributed by atoms with Gasteiger partial charge in [0.15, 0.2) is 27.1 Å². The summed E-state index contributed by atoms with van der Waals surface area (Å²) in [6.07, 6.45) is 1.36. The van der Waals surface area contributed by atoms with Crippen molar-refractivity contribution in [3.05, 3.63) is 137 Å². The van der Waals surface area contributed by atoms with Crippen LogP contribution in [0.15, 0.2) is 109 Å². The van der Waals surface area contributed by atoms with Crippen molar-refractivity contribution >= 4 is 64.0 Å². The second-order valence-corrected chi connectivity index (χ2v) is 14.4. The lowest BCUT2D eigenvalue weighted by atomic mass is 9.56. The molecule has 8 rings (SSSR count). The zero-order valence-corrected chi connectivity index (χ0v) is 27.9. The number of ketones is 1. The van der Waals surface area contributed by atoms with Gasteiger partial charge in [0.1, 0.15) is 5.82 Å². The van der Waals surface area contributed by atoms with Gasteiger partial charge in [-0.2, -0.15) is 0 Å². The van der Waals surface area contributed by atoms with Crippen molar-refractivity contribution in [2.75, 3.05) is 9.80 Å². The largest absolute Gasteiger partial charge is 0.505 e. The standard InChI is InChI=1S/C39H26Cl2F2N2O6/c40-38-19-28-25(17-18-26-30(28)35(49)44(34(26)48)23-13-9-21(10-14-23)32(46)20-5-2-1-3-6-20)31(27-7-4-8-29(43)33(27)47)39(38,41)37(51)45(36(38)50)24-15-11-22(42)12-16-24/h1-17,26,28,30-31,47H,18-19H2. The van der Waals surface area contributed by atoms with E-state index in [4.69, 9.17) is 23.2 Å². The molecule has 0 aromatic heterocycles. The van der Waals surface area contributed by atoms with Crippen LogP contribution in [-0.2, 0) is 19.2 Å². The van der Waals surface area contributed by atoms with E-state index in [0.717, 1.165) is 28.0 Å². The number of phenolic OH excluding ortho intramolecular Hbond substituents is 1. The van der Waals surface area contributed by atoms with Gasteiger partial charge in [-0.25, -0.2) is 13.7 Å². The zero-order valence-electron chi connectivity index (χ0n) is 26.4. The summed E-state index contributed by atoms with van der Waals surface area (Å²) in [5.74, 6) is -9.94. The smallest absolute Gasteiger partial charge is 0.258 e. The number of imide groups is 2. The van der Waals surface area contributed by atoms with E-state index in [2.05, 4.69) is 0 Å². The van der Waals surface area contributed by atoms with Crippen LogP contribution in [0.25, 0.3) is 0 Å². The van der Waals surface area contributed by atoms with Crippen molar-refractivity contribution in [1.29, 1.82) is 0 Å². The van der Waals surface area contributed by atoms with E-state index in [1.54, 1.807) is 36.4 Å². The van der Waals surface area contributed by atoms with Crippen LogP contribution in [0.2, 0.25) is 0 Å². The number of anilines is 2. The summed E-state index contributed by atoms with van der Waals surface area (Å²) in [4.78, 5) is 67.3. The van der Waals surface area contributed by atoms with Gasteiger partial charge in [0, 0.05) is 22.6 Å². The number of aromatic hydroxyl groups is 1. The second kappa shape index (κ2) is 11.7. The van der Waals surface area contributed by atoms with Crippen molar-refractivity contribution in [2.45, 2.75) is 28.5 Å². The molecule has 0 radical (unpaired) electrons. The summed E-state index contributed by atoms with van der Waals surface area (Å²) in [6.45, 7) is 0. The second-order valence-electron chi connectivity index (χ2n) is 13.2. The lowest BCUT2D eigenvalue weighted by molar-refractivity contribution is -0.125. The monoisotopic (exact) mass is 726 g/mol. The van der Waals surface area contributed by atoms with E-state index in [1.807, 2.05) is 0 Å². The third-order valence-electron chi connectivity index (χ3n) is 10.6. The number of allylic oxidation sites excluding steroid dienone is 2. The SMILES string of the molecule is O=C(c1ccccc1)c1ccc(N2C(=O)C3CC=C4C(CC5(Cl)C(=O)N(c6ccc(F)cc6)C(=O)C5(Cl)C4c4cccc(F)c4O)C3C2=O)cc1. The average Bonchev–Trinajstić information content (AvgIpc) is 3.47. The minimum atomic E-state index is -2.33. The number of halogens is 4. The molecule has 0 bridgehead atoms. The number of fused-ring (bicyclic) bond motifs is 4. The Morgan fingerprint density at radius 3 is 2.04 bits per heavy atom. The number of para-hydroxylation sites is 1. The summed E-state index contributed by atoms with van der Waals surface area (Å²) in [5, 5.41) is 11.0. The Hall–Kier alpha value is -5.19. The Balaban J connectivity index is 1.21. The van der Waals surface area contributed by atoms with Gasteiger partial charge in [0.2, 0.25) is 11.8 Å². The average molecular weight is 728 g/mol. The number of rotatable bonds is 5. The van der Waals surface area contributed by atoms with Crippen LogP contribution in [0.4, 0.5) is 20.2 Å². The number of amides is 4. The van der Waals surface area contributed by atoms with Gasteiger partial charge >= 0.3 is 0 Å². The number of benzene rings is 4. The van der Waals surface area contributed by atoms with Crippen LogP contribution < -0.4 is 9.80 Å². The van der Waals surface area contributed by atoms with E-state index in [9.17, 15) is 37.9 Å². The number of nitrogens with zero attached hydrogens (tertiary/aromatic N) is 2. The molecular formula is C39H26Cl2F2N2O6. The van der Waals surface area contributed by atoms with Crippen molar-refractivity contribution in [2.24, 2.45) is 17.8 Å². The molecule has 4 aliphatic rings. The highest BCUT2D eigenvalue weighted by molar-refractivity contribution is 6.58. The Morgan fingerprint density at radius 1 is 0.725 bits per heavy atom. The summed E-state index contributed by atoms with van der Waals surface area (Å²) < 4.78 is 28.8. The number of hydrogen-bond acceptors (Lipinski definition) is 6. The van der Waals surface area contributed by atoms with Crippen molar-refractivity contribution in [3.8, 4) is 5.75 Å². The summed E-state index contributed by atoms with van der Waals surface area (Å²) >= 11 is 14.6. The Morgan fingerprint density at radius 2 is 1.35 bits per heavy atom. The molecule has 8 nitrogen and oxygen atoms in total. The van der Waals surface area contributed by atoms with Crippen molar-refractivity contribution < 1.29 is 37.9 Å². The first-order valence-corrected chi connectivity index (χ1v) is 16.9. The van der Waals surface area contributed by atoms with Gasteiger partial charge in [0.25, 0.3) is 11.8 Å². The lowest BCUT2D eigenvalue weighted by Crippen LogP contribution is -2.60. The molecule has 256 valence electrons. The summed E-state index contributed by atoms with van der Waals surface area (Å²) in [7, 11) is 0.